The third-order valence-corrected chi connectivity index (χ3v) is 5.08. The van der Waals surface area contributed by atoms with Gasteiger partial charge in [-0.25, -0.2) is 9.50 Å². The summed E-state index contributed by atoms with van der Waals surface area (Å²) in [5, 5.41) is 6.39. The average molecular weight is 402 g/mol. The summed E-state index contributed by atoms with van der Waals surface area (Å²) in [4.78, 5) is 31.0. The molecular weight excluding hydrogens is 382 g/mol. The molecule has 9 heteroatoms. The highest BCUT2D eigenvalue weighted by Crippen LogP contribution is 2.24. The first-order valence-corrected chi connectivity index (χ1v) is 9.42. The molecule has 1 atom stereocenters. The van der Waals surface area contributed by atoms with Crippen LogP contribution in [0, 0.1) is 0 Å². The number of benzene rings is 1. The largest absolute Gasteiger partial charge is 0.379 e. The molecular formula is C19H20ClN5O3. The Morgan fingerprint density at radius 3 is 2.93 bits per heavy atom. The quantitative estimate of drug-likeness (QED) is 0.675. The van der Waals surface area contributed by atoms with Gasteiger partial charge in [-0.05, 0) is 17.7 Å². The molecule has 1 fully saturated rings. The topological polar surface area (TPSA) is 91.7 Å². The van der Waals surface area contributed by atoms with Gasteiger partial charge >= 0.3 is 0 Å². The number of fused-ring (bicyclic) bond motifs is 1. The number of aromatic nitrogens is 3. The van der Waals surface area contributed by atoms with Gasteiger partial charge in [-0.15, -0.1) is 0 Å². The zero-order chi connectivity index (χ0) is 19.5. The van der Waals surface area contributed by atoms with Gasteiger partial charge < -0.3 is 10.1 Å². The van der Waals surface area contributed by atoms with E-state index in [9.17, 15) is 9.59 Å². The smallest absolute Gasteiger partial charge is 0.272 e. The summed E-state index contributed by atoms with van der Waals surface area (Å²) in [6, 6.07) is 8.95. The van der Waals surface area contributed by atoms with Gasteiger partial charge in [0, 0.05) is 43.1 Å². The Hall–Kier alpha value is -2.68. The van der Waals surface area contributed by atoms with Crippen molar-refractivity contribution in [1.82, 2.24) is 24.8 Å². The second-order valence-corrected chi connectivity index (χ2v) is 6.99. The van der Waals surface area contributed by atoms with Crippen LogP contribution in [0.3, 0.4) is 0 Å². The van der Waals surface area contributed by atoms with Gasteiger partial charge in [-0.1, -0.05) is 23.7 Å². The van der Waals surface area contributed by atoms with Crippen LogP contribution in [0.5, 0.6) is 0 Å². The highest BCUT2D eigenvalue weighted by Gasteiger charge is 2.24. The second kappa shape index (κ2) is 8.14. The molecule has 1 amide bonds. The summed E-state index contributed by atoms with van der Waals surface area (Å²) >= 11 is 6.18. The number of hydrogen-bond acceptors (Lipinski definition) is 5. The summed E-state index contributed by atoms with van der Waals surface area (Å²) in [6.45, 7) is 3.25. The summed E-state index contributed by atoms with van der Waals surface area (Å²) in [5.74, 6) is -0.294. The summed E-state index contributed by atoms with van der Waals surface area (Å²) in [5.41, 5.74) is 1.39. The molecule has 146 valence electrons. The number of ether oxygens (including phenoxy) is 1. The van der Waals surface area contributed by atoms with Gasteiger partial charge in [0.05, 0.1) is 19.3 Å². The van der Waals surface area contributed by atoms with Crippen LogP contribution in [0.2, 0.25) is 5.02 Å². The highest BCUT2D eigenvalue weighted by molar-refractivity contribution is 6.30. The Balaban J connectivity index is 1.55. The van der Waals surface area contributed by atoms with Crippen molar-refractivity contribution < 1.29 is 9.53 Å². The average Bonchev–Trinajstić information content (AvgIpc) is 3.15. The van der Waals surface area contributed by atoms with Crippen LogP contribution in [-0.4, -0.2) is 58.3 Å². The molecule has 3 aromatic rings. The van der Waals surface area contributed by atoms with E-state index in [-0.39, 0.29) is 17.5 Å². The maximum Gasteiger partial charge on any atom is 0.272 e. The van der Waals surface area contributed by atoms with E-state index in [1.807, 2.05) is 24.3 Å². The molecule has 1 unspecified atom stereocenters. The number of carbonyl (C=O) groups is 1. The molecule has 1 aliphatic heterocycles. The molecule has 0 spiro atoms. The lowest BCUT2D eigenvalue weighted by Crippen LogP contribution is -2.43. The predicted molar refractivity (Wildman–Crippen MR) is 105 cm³/mol. The van der Waals surface area contributed by atoms with E-state index in [2.05, 4.69) is 20.3 Å². The normalized spacial score (nSPS) is 16.2. The standard InChI is InChI=1S/C19H20ClN5O3/c20-14-3-1-2-13(10-14)16(24-6-8-28-9-7-24)12-22-19(27)15-11-23-25-17(26)4-5-21-18(15)25/h1-5,10-11,16,23H,6-9,12H2,(H,22,27). The maximum atomic E-state index is 12.8. The second-order valence-electron chi connectivity index (χ2n) is 6.56. The number of nitrogens with zero attached hydrogens (tertiary/aromatic N) is 3. The monoisotopic (exact) mass is 401 g/mol. The van der Waals surface area contributed by atoms with Gasteiger partial charge in [0.1, 0.15) is 5.56 Å². The fourth-order valence-corrected chi connectivity index (χ4v) is 3.63. The molecule has 8 nitrogen and oxygen atoms in total. The fourth-order valence-electron chi connectivity index (χ4n) is 3.43. The molecule has 2 aromatic heterocycles. The number of aromatic amines is 1. The van der Waals surface area contributed by atoms with E-state index in [1.54, 1.807) is 0 Å². The Morgan fingerprint density at radius 2 is 2.14 bits per heavy atom. The fraction of sp³-hybridized carbons (Fsp3) is 0.316. The molecule has 3 heterocycles. The Labute approximate surface area is 166 Å². The Morgan fingerprint density at radius 1 is 1.32 bits per heavy atom. The van der Waals surface area contributed by atoms with Crippen LogP contribution in [0.4, 0.5) is 0 Å². The number of amides is 1. The van der Waals surface area contributed by atoms with Crippen LogP contribution in [0.25, 0.3) is 5.65 Å². The van der Waals surface area contributed by atoms with Crippen molar-refractivity contribution in [3.8, 4) is 0 Å². The maximum absolute atomic E-state index is 12.8. The molecule has 0 bridgehead atoms. The van der Waals surface area contributed by atoms with Crippen LogP contribution >= 0.6 is 11.6 Å². The van der Waals surface area contributed by atoms with E-state index in [4.69, 9.17) is 16.3 Å². The van der Waals surface area contributed by atoms with Crippen molar-refractivity contribution in [2.75, 3.05) is 32.8 Å². The lowest BCUT2D eigenvalue weighted by molar-refractivity contribution is 0.0162. The van der Waals surface area contributed by atoms with Crippen molar-refractivity contribution in [3.63, 3.8) is 0 Å². The number of H-pyrrole nitrogens is 1. The highest BCUT2D eigenvalue weighted by atomic mass is 35.5. The lowest BCUT2D eigenvalue weighted by atomic mass is 10.0. The number of carbonyl (C=O) groups excluding carboxylic acids is 1. The van der Waals surface area contributed by atoms with Crippen molar-refractivity contribution in [2.45, 2.75) is 6.04 Å². The van der Waals surface area contributed by atoms with Crippen molar-refractivity contribution in [3.05, 3.63) is 69.2 Å². The molecule has 1 aliphatic rings. The third-order valence-electron chi connectivity index (χ3n) is 4.85. The van der Waals surface area contributed by atoms with Gasteiger partial charge in [0.2, 0.25) is 0 Å². The van der Waals surface area contributed by atoms with Gasteiger partial charge in [0.25, 0.3) is 11.5 Å². The zero-order valence-electron chi connectivity index (χ0n) is 15.1. The van der Waals surface area contributed by atoms with E-state index in [0.29, 0.717) is 36.0 Å². The van der Waals surface area contributed by atoms with E-state index < -0.39 is 0 Å². The molecule has 1 aromatic carbocycles. The van der Waals surface area contributed by atoms with E-state index in [0.717, 1.165) is 18.7 Å². The first kappa shape index (κ1) is 18.7. The molecule has 1 saturated heterocycles. The third kappa shape index (κ3) is 3.80. The Bertz CT molecular complexity index is 1040. The number of halogens is 1. The number of hydrogen-bond donors (Lipinski definition) is 2. The summed E-state index contributed by atoms with van der Waals surface area (Å²) < 4.78 is 6.69. The minimum absolute atomic E-state index is 0.0348. The van der Waals surface area contributed by atoms with Crippen LogP contribution in [0.1, 0.15) is 22.0 Å². The van der Waals surface area contributed by atoms with Crippen LogP contribution in [0.15, 0.2) is 47.5 Å². The molecule has 4 rings (SSSR count). The minimum atomic E-state index is -0.294. The van der Waals surface area contributed by atoms with Gasteiger partial charge in [0.15, 0.2) is 5.65 Å². The van der Waals surface area contributed by atoms with E-state index in [1.165, 1.54) is 23.0 Å². The Kier molecular flexibility index (Phi) is 5.43. The summed E-state index contributed by atoms with van der Waals surface area (Å²) in [6.07, 6.45) is 2.88. The molecule has 0 saturated carbocycles. The lowest BCUT2D eigenvalue weighted by Gasteiger charge is -2.35. The van der Waals surface area contributed by atoms with Gasteiger partial charge in [-0.3, -0.25) is 19.6 Å². The number of nitrogens with one attached hydrogen (secondary N) is 2. The number of rotatable bonds is 5. The number of morpholine rings is 1. The zero-order valence-corrected chi connectivity index (χ0v) is 15.9. The summed E-state index contributed by atoms with van der Waals surface area (Å²) in [7, 11) is 0. The molecule has 0 radical (unpaired) electrons. The molecule has 2 N–H and O–H groups in total. The van der Waals surface area contributed by atoms with E-state index >= 15 is 0 Å². The van der Waals surface area contributed by atoms with Crippen molar-refractivity contribution in [1.29, 1.82) is 0 Å². The predicted octanol–water partition coefficient (Wildman–Crippen LogP) is 1.48. The minimum Gasteiger partial charge on any atom is -0.379 e. The SMILES string of the molecule is O=C(NCC(c1cccc(Cl)c1)N1CCOCC1)c1c[nH]n2c(=O)ccnc12. The van der Waals surface area contributed by atoms with Gasteiger partial charge in [-0.2, -0.15) is 0 Å². The first-order valence-electron chi connectivity index (χ1n) is 9.04. The van der Waals surface area contributed by atoms with Crippen molar-refractivity contribution in [2.24, 2.45) is 0 Å². The first-order chi connectivity index (χ1) is 13.6. The molecule has 28 heavy (non-hydrogen) atoms. The van der Waals surface area contributed by atoms with Crippen LogP contribution in [-0.2, 0) is 4.74 Å². The van der Waals surface area contributed by atoms with Crippen molar-refractivity contribution >= 4 is 23.2 Å². The van der Waals surface area contributed by atoms with Crippen LogP contribution < -0.4 is 10.9 Å². The molecule has 0 aliphatic carbocycles.